The zero-order valence-corrected chi connectivity index (χ0v) is 13.3. The molecule has 0 unspecified atom stereocenters. The zero-order chi connectivity index (χ0) is 16.2. The molecule has 0 atom stereocenters. The van der Waals surface area contributed by atoms with E-state index in [2.05, 4.69) is 12.1 Å². The Balaban J connectivity index is 1.80. The lowest BCUT2D eigenvalue weighted by molar-refractivity contribution is 0.103. The van der Waals surface area contributed by atoms with Crippen molar-refractivity contribution < 1.29 is 4.79 Å². The Bertz CT molecular complexity index is 826. The number of nitrogen functional groups attached to an aromatic ring is 1. The molecule has 0 aliphatic rings. The summed E-state index contributed by atoms with van der Waals surface area (Å²) >= 11 is 6.11. The molecule has 0 aliphatic heterocycles. The lowest BCUT2D eigenvalue weighted by atomic mass is 9.99. The number of halogens is 1. The van der Waals surface area contributed by atoms with Crippen LogP contribution in [-0.2, 0) is 6.42 Å². The fourth-order valence-corrected chi connectivity index (χ4v) is 2.75. The summed E-state index contributed by atoms with van der Waals surface area (Å²) in [5, 5.41) is 0.378. The minimum absolute atomic E-state index is 0.0961. The molecule has 3 aromatic rings. The number of benzene rings is 3. The van der Waals surface area contributed by atoms with Gasteiger partial charge in [0.15, 0.2) is 5.78 Å². The van der Waals surface area contributed by atoms with Crippen molar-refractivity contribution >= 4 is 23.1 Å². The first-order valence-electron chi connectivity index (χ1n) is 7.36. The van der Waals surface area contributed by atoms with Crippen LogP contribution < -0.4 is 5.73 Å². The highest BCUT2D eigenvalue weighted by Gasteiger charge is 2.13. The number of carbonyl (C=O) groups is 1. The zero-order valence-electron chi connectivity index (χ0n) is 12.5. The molecule has 3 rings (SSSR count). The quantitative estimate of drug-likeness (QED) is 0.557. The summed E-state index contributed by atoms with van der Waals surface area (Å²) in [5.41, 5.74) is 9.70. The van der Waals surface area contributed by atoms with Gasteiger partial charge in [0.2, 0.25) is 0 Å². The molecule has 114 valence electrons. The van der Waals surface area contributed by atoms with Crippen LogP contribution in [0.15, 0.2) is 72.8 Å². The van der Waals surface area contributed by atoms with Crippen molar-refractivity contribution in [3.8, 4) is 0 Å². The minimum atomic E-state index is -0.0961. The van der Waals surface area contributed by atoms with E-state index in [0.717, 1.165) is 12.0 Å². The molecule has 3 heteroatoms. The van der Waals surface area contributed by atoms with Gasteiger partial charge in [-0.15, -0.1) is 0 Å². The molecule has 0 aromatic heterocycles. The molecule has 0 saturated heterocycles. The Labute approximate surface area is 140 Å². The van der Waals surface area contributed by atoms with E-state index in [1.165, 1.54) is 5.56 Å². The molecule has 23 heavy (non-hydrogen) atoms. The summed E-state index contributed by atoms with van der Waals surface area (Å²) < 4.78 is 0. The first kappa shape index (κ1) is 15.3. The number of ketones is 1. The monoisotopic (exact) mass is 321 g/mol. The van der Waals surface area contributed by atoms with Gasteiger partial charge in [0, 0.05) is 16.8 Å². The maximum Gasteiger partial charge on any atom is 0.194 e. The number of hydrogen-bond donors (Lipinski definition) is 1. The highest BCUT2D eigenvalue weighted by molar-refractivity contribution is 6.35. The fraction of sp³-hybridized carbons (Fsp3) is 0.0500. The number of hydrogen-bond acceptors (Lipinski definition) is 2. The van der Waals surface area contributed by atoms with Crippen molar-refractivity contribution in [2.75, 3.05) is 5.73 Å². The maximum atomic E-state index is 12.5. The van der Waals surface area contributed by atoms with Gasteiger partial charge in [0.05, 0.1) is 5.02 Å². The Morgan fingerprint density at radius 3 is 2.17 bits per heavy atom. The van der Waals surface area contributed by atoms with Gasteiger partial charge in [0.1, 0.15) is 0 Å². The second-order valence-electron chi connectivity index (χ2n) is 5.43. The molecule has 0 aliphatic carbocycles. The van der Waals surface area contributed by atoms with Crippen LogP contribution in [0.25, 0.3) is 0 Å². The van der Waals surface area contributed by atoms with E-state index < -0.39 is 0 Å². The molecule has 3 aromatic carbocycles. The van der Waals surface area contributed by atoms with Crippen LogP contribution in [0.2, 0.25) is 5.02 Å². The van der Waals surface area contributed by atoms with E-state index in [4.69, 9.17) is 17.3 Å². The molecule has 0 radical (unpaired) electrons. The summed E-state index contributed by atoms with van der Waals surface area (Å²) in [5.74, 6) is -0.0961. The van der Waals surface area contributed by atoms with Crippen LogP contribution in [0.1, 0.15) is 27.0 Å². The van der Waals surface area contributed by atoms with Crippen LogP contribution >= 0.6 is 11.6 Å². The second-order valence-corrected chi connectivity index (χ2v) is 5.83. The number of anilines is 1. The SMILES string of the molecule is Nc1ccc(C(=O)c2ccc(Cc3ccccc3)cc2)c(Cl)c1. The van der Waals surface area contributed by atoms with Gasteiger partial charge in [0.25, 0.3) is 0 Å². The summed E-state index contributed by atoms with van der Waals surface area (Å²) in [6.07, 6.45) is 0.845. The maximum absolute atomic E-state index is 12.5. The number of nitrogens with two attached hydrogens (primary N) is 1. The van der Waals surface area contributed by atoms with Gasteiger partial charge in [-0.1, -0.05) is 66.2 Å². The highest BCUT2D eigenvalue weighted by Crippen LogP contribution is 2.22. The van der Waals surface area contributed by atoms with E-state index in [9.17, 15) is 4.79 Å². The van der Waals surface area contributed by atoms with Crippen molar-refractivity contribution in [1.82, 2.24) is 0 Å². The van der Waals surface area contributed by atoms with Gasteiger partial charge in [-0.05, 0) is 35.7 Å². The fourth-order valence-electron chi connectivity index (χ4n) is 2.48. The first-order valence-corrected chi connectivity index (χ1v) is 7.74. The standard InChI is InChI=1S/C20H16ClNO/c21-19-13-17(22)10-11-18(19)20(23)16-8-6-15(7-9-16)12-14-4-2-1-3-5-14/h1-11,13H,12,22H2. The molecular weight excluding hydrogens is 306 g/mol. The van der Waals surface area contributed by atoms with Crippen molar-refractivity contribution in [3.63, 3.8) is 0 Å². The van der Waals surface area contributed by atoms with Gasteiger partial charge < -0.3 is 5.73 Å². The van der Waals surface area contributed by atoms with Crippen LogP contribution in [0.5, 0.6) is 0 Å². The smallest absolute Gasteiger partial charge is 0.194 e. The lowest BCUT2D eigenvalue weighted by Gasteiger charge is -2.06. The van der Waals surface area contributed by atoms with E-state index in [1.54, 1.807) is 18.2 Å². The van der Waals surface area contributed by atoms with Crippen molar-refractivity contribution in [2.24, 2.45) is 0 Å². The molecule has 2 N–H and O–H groups in total. The third-order valence-electron chi connectivity index (χ3n) is 3.70. The Morgan fingerprint density at radius 1 is 0.870 bits per heavy atom. The van der Waals surface area contributed by atoms with Gasteiger partial charge >= 0.3 is 0 Å². The summed E-state index contributed by atoms with van der Waals surface area (Å²) in [6, 6.07) is 22.8. The van der Waals surface area contributed by atoms with Gasteiger partial charge in [-0.3, -0.25) is 4.79 Å². The van der Waals surface area contributed by atoms with Crippen LogP contribution in [-0.4, -0.2) is 5.78 Å². The van der Waals surface area contributed by atoms with E-state index in [-0.39, 0.29) is 5.78 Å². The molecule has 0 bridgehead atoms. The number of carbonyl (C=O) groups excluding carboxylic acids is 1. The first-order chi connectivity index (χ1) is 11.1. The molecular formula is C20H16ClNO. The summed E-state index contributed by atoms with van der Waals surface area (Å²) in [7, 11) is 0. The van der Waals surface area contributed by atoms with Crippen molar-refractivity contribution in [1.29, 1.82) is 0 Å². The third-order valence-corrected chi connectivity index (χ3v) is 4.02. The second kappa shape index (κ2) is 6.67. The number of rotatable bonds is 4. The highest BCUT2D eigenvalue weighted by atomic mass is 35.5. The lowest BCUT2D eigenvalue weighted by Crippen LogP contribution is -2.03. The third kappa shape index (κ3) is 3.61. The molecule has 2 nitrogen and oxygen atoms in total. The largest absolute Gasteiger partial charge is 0.399 e. The Kier molecular flexibility index (Phi) is 4.45. The topological polar surface area (TPSA) is 43.1 Å². The van der Waals surface area contributed by atoms with Crippen LogP contribution in [0, 0.1) is 0 Å². The van der Waals surface area contributed by atoms with E-state index in [1.807, 2.05) is 42.5 Å². The molecule has 0 saturated carbocycles. The molecule has 0 fully saturated rings. The normalized spacial score (nSPS) is 10.5. The van der Waals surface area contributed by atoms with Crippen LogP contribution in [0.3, 0.4) is 0 Å². The summed E-state index contributed by atoms with van der Waals surface area (Å²) in [6.45, 7) is 0. The van der Waals surface area contributed by atoms with Crippen molar-refractivity contribution in [2.45, 2.75) is 6.42 Å². The van der Waals surface area contributed by atoms with Gasteiger partial charge in [-0.2, -0.15) is 0 Å². The molecule has 0 amide bonds. The van der Waals surface area contributed by atoms with Crippen LogP contribution in [0.4, 0.5) is 5.69 Å². The predicted molar refractivity (Wildman–Crippen MR) is 95.0 cm³/mol. The average molecular weight is 322 g/mol. The summed E-state index contributed by atoms with van der Waals surface area (Å²) in [4.78, 5) is 12.5. The van der Waals surface area contributed by atoms with E-state index >= 15 is 0 Å². The van der Waals surface area contributed by atoms with Gasteiger partial charge in [-0.25, -0.2) is 0 Å². The van der Waals surface area contributed by atoms with Crippen molar-refractivity contribution in [3.05, 3.63) is 100 Å². The molecule has 0 spiro atoms. The Hall–Kier alpha value is -2.58. The minimum Gasteiger partial charge on any atom is -0.399 e. The predicted octanol–water partition coefficient (Wildman–Crippen LogP) is 4.74. The molecule has 0 heterocycles. The average Bonchev–Trinajstić information content (AvgIpc) is 2.56. The Morgan fingerprint density at radius 2 is 1.52 bits per heavy atom. The van der Waals surface area contributed by atoms with E-state index in [0.29, 0.717) is 21.8 Å².